The predicted octanol–water partition coefficient (Wildman–Crippen LogP) is 22.3. The molecule has 0 fully saturated rings. The fourth-order valence-corrected chi connectivity index (χ4v) is 9.27. The van der Waals surface area contributed by atoms with Crippen LogP contribution in [-0.2, 0) is 28.6 Å². The van der Waals surface area contributed by atoms with Gasteiger partial charge in [0.2, 0.25) is 0 Å². The lowest BCUT2D eigenvalue weighted by Crippen LogP contribution is -2.30. The maximum absolute atomic E-state index is 12.9. The van der Waals surface area contributed by atoms with E-state index in [1.54, 1.807) is 0 Å². The van der Waals surface area contributed by atoms with Crippen molar-refractivity contribution >= 4 is 17.9 Å². The van der Waals surface area contributed by atoms with Gasteiger partial charge in [-0.25, -0.2) is 0 Å². The highest BCUT2D eigenvalue weighted by Crippen LogP contribution is 2.17. The molecule has 0 aromatic heterocycles. The molecule has 0 radical (unpaired) electrons. The molecule has 0 aliphatic rings. The Labute approximate surface area is 471 Å². The van der Waals surface area contributed by atoms with Crippen molar-refractivity contribution in [2.45, 2.75) is 329 Å². The van der Waals surface area contributed by atoms with Gasteiger partial charge in [0.25, 0.3) is 0 Å². The van der Waals surface area contributed by atoms with Crippen LogP contribution >= 0.6 is 0 Å². The van der Waals surface area contributed by atoms with Gasteiger partial charge < -0.3 is 14.2 Å². The zero-order valence-corrected chi connectivity index (χ0v) is 50.3. The van der Waals surface area contributed by atoms with Gasteiger partial charge in [-0.1, -0.05) is 292 Å². The Hall–Kier alpha value is -3.41. The number of unbranched alkanes of at least 4 members (excludes halogenated alkanes) is 34. The van der Waals surface area contributed by atoms with Gasteiger partial charge in [0, 0.05) is 19.3 Å². The second-order valence-corrected chi connectivity index (χ2v) is 21.6. The lowest BCUT2D eigenvalue weighted by Gasteiger charge is -2.18. The molecule has 438 valence electrons. The summed E-state index contributed by atoms with van der Waals surface area (Å²) in [4.78, 5) is 38.3. The second-order valence-electron chi connectivity index (χ2n) is 21.6. The van der Waals surface area contributed by atoms with Crippen LogP contribution in [0.2, 0.25) is 0 Å². The number of ether oxygens (including phenoxy) is 3. The van der Waals surface area contributed by atoms with Gasteiger partial charge in [0.1, 0.15) is 13.2 Å². The third-order valence-electron chi connectivity index (χ3n) is 14.1. The van der Waals surface area contributed by atoms with E-state index in [1.807, 2.05) is 0 Å². The van der Waals surface area contributed by atoms with E-state index in [-0.39, 0.29) is 31.1 Å². The number of hydrogen-bond donors (Lipinski definition) is 0. The Morgan fingerprint density at radius 1 is 0.276 bits per heavy atom. The maximum atomic E-state index is 12.9. The van der Waals surface area contributed by atoms with E-state index < -0.39 is 6.10 Å². The summed E-state index contributed by atoms with van der Waals surface area (Å²) in [6.07, 6.45) is 84.5. The van der Waals surface area contributed by atoms with Gasteiger partial charge >= 0.3 is 17.9 Å². The molecule has 0 rings (SSSR count). The molecule has 1 unspecified atom stereocenters. The summed E-state index contributed by atoms with van der Waals surface area (Å²) in [5, 5.41) is 0. The van der Waals surface area contributed by atoms with Crippen LogP contribution in [0.5, 0.6) is 0 Å². The molecular formula is C70H122O6. The molecule has 6 heteroatoms. The minimum Gasteiger partial charge on any atom is -0.462 e. The highest BCUT2D eigenvalue weighted by molar-refractivity contribution is 5.71. The van der Waals surface area contributed by atoms with Crippen molar-refractivity contribution in [3.63, 3.8) is 0 Å². The summed E-state index contributed by atoms with van der Waals surface area (Å²) in [5.41, 5.74) is 0. The van der Waals surface area contributed by atoms with Crippen LogP contribution in [0.4, 0.5) is 0 Å². The van der Waals surface area contributed by atoms with Crippen LogP contribution in [0, 0.1) is 0 Å². The molecule has 0 aliphatic carbocycles. The van der Waals surface area contributed by atoms with E-state index in [9.17, 15) is 14.4 Å². The Morgan fingerprint density at radius 2 is 0.513 bits per heavy atom. The van der Waals surface area contributed by atoms with Gasteiger partial charge in [-0.3, -0.25) is 14.4 Å². The Balaban J connectivity index is 4.38. The molecule has 0 spiro atoms. The smallest absolute Gasteiger partial charge is 0.306 e. The van der Waals surface area contributed by atoms with Crippen molar-refractivity contribution in [1.82, 2.24) is 0 Å². The van der Waals surface area contributed by atoms with Crippen LogP contribution in [0.15, 0.2) is 85.1 Å². The normalized spacial score (nSPS) is 12.6. The van der Waals surface area contributed by atoms with Crippen LogP contribution in [0.25, 0.3) is 0 Å². The molecule has 0 aromatic carbocycles. The first-order valence-electron chi connectivity index (χ1n) is 32.6. The molecule has 76 heavy (non-hydrogen) atoms. The third kappa shape index (κ3) is 61.4. The average molecular weight is 1060 g/mol. The number of carbonyl (C=O) groups excluding carboxylic acids is 3. The number of allylic oxidation sites excluding steroid dienone is 14. The molecule has 6 nitrogen and oxygen atoms in total. The van der Waals surface area contributed by atoms with Crippen molar-refractivity contribution in [2.75, 3.05) is 13.2 Å². The Morgan fingerprint density at radius 3 is 0.829 bits per heavy atom. The van der Waals surface area contributed by atoms with E-state index >= 15 is 0 Å². The summed E-state index contributed by atoms with van der Waals surface area (Å²) in [6.45, 7) is 6.51. The van der Waals surface area contributed by atoms with Gasteiger partial charge in [-0.2, -0.15) is 0 Å². The zero-order chi connectivity index (χ0) is 55.0. The van der Waals surface area contributed by atoms with Crippen LogP contribution in [-0.4, -0.2) is 37.2 Å². The average Bonchev–Trinajstić information content (AvgIpc) is 3.42. The molecule has 1 atom stereocenters. The van der Waals surface area contributed by atoms with Crippen LogP contribution in [0.1, 0.15) is 323 Å². The largest absolute Gasteiger partial charge is 0.462 e. The Kier molecular flexibility index (Phi) is 61.2. The first kappa shape index (κ1) is 72.6. The quantitative estimate of drug-likeness (QED) is 0.0261. The van der Waals surface area contributed by atoms with Crippen molar-refractivity contribution in [2.24, 2.45) is 0 Å². The summed E-state index contributed by atoms with van der Waals surface area (Å²) in [6, 6.07) is 0. The number of carbonyl (C=O) groups is 3. The highest BCUT2D eigenvalue weighted by atomic mass is 16.6. The minimum absolute atomic E-state index is 0.0915. The molecule has 0 saturated heterocycles. The van der Waals surface area contributed by atoms with Gasteiger partial charge in [-0.15, -0.1) is 0 Å². The van der Waals surface area contributed by atoms with Gasteiger partial charge in [0.05, 0.1) is 0 Å². The SMILES string of the molecule is CC/C=C\C/C=C\C/C=C\C/C=C\CCCCC(=O)OCC(COC(=O)CCCCCCCCCC/C=C\C/C=C\C/C=C\CCCCCCC)OC(=O)CCCCCCCCCCCCCCCCCCCCCC. The van der Waals surface area contributed by atoms with Crippen molar-refractivity contribution < 1.29 is 28.6 Å². The summed E-state index contributed by atoms with van der Waals surface area (Å²) in [5.74, 6) is -0.926. The first-order valence-corrected chi connectivity index (χ1v) is 32.6. The number of rotatable bonds is 59. The fraction of sp³-hybridized carbons (Fsp3) is 0.757. The van der Waals surface area contributed by atoms with Crippen LogP contribution in [0.3, 0.4) is 0 Å². The lowest BCUT2D eigenvalue weighted by molar-refractivity contribution is -0.167. The predicted molar refractivity (Wildman–Crippen MR) is 330 cm³/mol. The molecule has 0 bridgehead atoms. The van der Waals surface area contributed by atoms with E-state index in [1.165, 1.54) is 180 Å². The summed E-state index contributed by atoms with van der Waals surface area (Å²) < 4.78 is 16.9. The van der Waals surface area contributed by atoms with Crippen molar-refractivity contribution in [3.05, 3.63) is 85.1 Å². The minimum atomic E-state index is -0.797. The zero-order valence-electron chi connectivity index (χ0n) is 50.3. The number of esters is 3. The molecule has 0 N–H and O–H groups in total. The molecule has 0 saturated carbocycles. The first-order chi connectivity index (χ1) is 37.5. The topological polar surface area (TPSA) is 78.9 Å². The Bertz CT molecular complexity index is 1450. The standard InChI is InChI=1S/C70H122O6/c1-4-7-10-13-16-19-22-25-28-30-32-34-35-36-38-39-42-45-48-51-54-57-60-63-69(72)75-66-67(65-74-68(71)62-59-56-53-50-47-44-41-27-24-21-18-15-12-9-6-3)76-70(73)64-61-58-55-52-49-46-43-40-37-33-31-29-26-23-20-17-14-11-8-5-2/h9,12,18,21-22,25,27,30,32,35-36,41,47,50,67H,4-8,10-11,13-17,19-20,23-24,26,28-29,31,33-34,37-40,42-46,48-49,51-66H2,1-3H3/b12-9-,21-18-,25-22-,32-30-,36-35-,41-27-,50-47-. The van der Waals surface area contributed by atoms with E-state index in [0.717, 1.165) is 103 Å². The monoisotopic (exact) mass is 1060 g/mol. The second kappa shape index (κ2) is 64.1. The lowest BCUT2D eigenvalue weighted by atomic mass is 10.0. The molecular weight excluding hydrogens is 937 g/mol. The third-order valence-corrected chi connectivity index (χ3v) is 14.1. The van der Waals surface area contributed by atoms with Gasteiger partial charge in [-0.05, 0) is 96.3 Å². The molecule has 0 heterocycles. The highest BCUT2D eigenvalue weighted by Gasteiger charge is 2.19. The summed E-state index contributed by atoms with van der Waals surface area (Å²) in [7, 11) is 0. The van der Waals surface area contributed by atoms with Gasteiger partial charge in [0.15, 0.2) is 6.10 Å². The molecule has 0 amide bonds. The van der Waals surface area contributed by atoms with Crippen LogP contribution < -0.4 is 0 Å². The van der Waals surface area contributed by atoms with Crippen molar-refractivity contribution in [1.29, 1.82) is 0 Å². The molecule has 0 aromatic rings. The maximum Gasteiger partial charge on any atom is 0.306 e. The summed E-state index contributed by atoms with van der Waals surface area (Å²) >= 11 is 0. The van der Waals surface area contributed by atoms with Crippen molar-refractivity contribution in [3.8, 4) is 0 Å². The van der Waals surface area contributed by atoms with E-state index in [4.69, 9.17) is 14.2 Å². The fourth-order valence-electron chi connectivity index (χ4n) is 9.27. The molecule has 0 aliphatic heterocycles. The number of hydrogen-bond acceptors (Lipinski definition) is 6. The van der Waals surface area contributed by atoms with E-state index in [2.05, 4.69) is 106 Å². The van der Waals surface area contributed by atoms with E-state index in [0.29, 0.717) is 19.3 Å².